The number of rotatable bonds is 3. The second-order valence-electron chi connectivity index (χ2n) is 1.98. The van der Waals surface area contributed by atoms with E-state index < -0.39 is 7.21 Å². The van der Waals surface area contributed by atoms with E-state index in [0.717, 1.165) is 11.9 Å². The van der Waals surface area contributed by atoms with Crippen LogP contribution in [0.3, 0.4) is 0 Å². The minimum atomic E-state index is -1.70. The Labute approximate surface area is 55.1 Å². The number of hydrogen-bond acceptors (Lipinski definition) is 2. The number of nitrogens with one attached hydrogen (secondary N) is 1. The van der Waals surface area contributed by atoms with E-state index in [0.29, 0.717) is 0 Å². The van der Waals surface area contributed by atoms with Crippen LogP contribution in [-0.4, -0.2) is 24.8 Å². The fourth-order valence-electron chi connectivity index (χ4n) is 0.281. The van der Waals surface area contributed by atoms with Crippen LogP contribution in [0, 0.1) is 5.16 Å². The lowest BCUT2D eigenvalue weighted by molar-refractivity contribution is 1.42. The first-order valence-electron chi connectivity index (χ1n) is 2.44. The molecule has 0 rings (SSSR count). The molecule has 0 saturated carbocycles. The zero-order chi connectivity index (χ0) is 6.62. The van der Waals surface area contributed by atoms with Crippen LogP contribution in [0.25, 0.3) is 0 Å². The summed E-state index contributed by atoms with van der Waals surface area (Å²) in [4.78, 5) is 0. The number of hydrogen-bond donors (Lipinski definition) is 2. The van der Waals surface area contributed by atoms with Crippen molar-refractivity contribution in [3.8, 4) is 0 Å². The van der Waals surface area contributed by atoms with Crippen LogP contribution < -0.4 is 5.50 Å². The van der Waals surface area contributed by atoms with Crippen molar-refractivity contribution in [1.29, 1.82) is 5.16 Å². The van der Waals surface area contributed by atoms with E-state index in [4.69, 9.17) is 10.7 Å². The Morgan fingerprint density at radius 1 is 1.75 bits per heavy atom. The van der Waals surface area contributed by atoms with Gasteiger partial charge in [-0.25, -0.2) is 0 Å². The molecule has 1 atom stereocenters. The molecule has 0 heterocycles. The summed E-state index contributed by atoms with van der Waals surface area (Å²) < 4.78 is 0. The van der Waals surface area contributed by atoms with Crippen LogP contribution in [0.1, 0.15) is 0 Å². The number of thioether (sulfide) groups is 1. The van der Waals surface area contributed by atoms with E-state index in [1.54, 1.807) is 11.8 Å². The Bertz CT molecular complexity index is 98.2. The Hall–Kier alpha value is 0.540. The highest BCUT2D eigenvalue weighted by Crippen LogP contribution is 2.31. The van der Waals surface area contributed by atoms with Crippen molar-refractivity contribution in [2.24, 2.45) is 5.50 Å². The average molecular weight is 152 g/mol. The van der Waals surface area contributed by atoms with E-state index in [9.17, 15) is 0 Å². The highest BCUT2D eigenvalue weighted by atomic mass is 32.2. The van der Waals surface area contributed by atoms with E-state index in [1.807, 2.05) is 12.9 Å². The summed E-state index contributed by atoms with van der Waals surface area (Å²) in [6, 6.07) is 0. The predicted octanol–water partition coefficient (Wildman–Crippen LogP) is 1.63. The van der Waals surface area contributed by atoms with Crippen LogP contribution in [-0.2, 0) is 0 Å². The lowest BCUT2D eigenvalue weighted by atomic mass is 11.0. The molecule has 0 spiro atoms. The third kappa shape index (κ3) is 6.54. The van der Waals surface area contributed by atoms with Gasteiger partial charge in [0.05, 0.1) is 0 Å². The molecule has 4 heteroatoms. The van der Waals surface area contributed by atoms with E-state index in [-0.39, 0.29) is 0 Å². The topological polar surface area (TPSA) is 49.9 Å². The van der Waals surface area contributed by atoms with Gasteiger partial charge >= 0.3 is 0 Å². The Kier molecular flexibility index (Phi) is 3.78. The quantitative estimate of drug-likeness (QED) is 0.604. The van der Waals surface area contributed by atoms with Gasteiger partial charge < -0.3 is 5.16 Å². The van der Waals surface area contributed by atoms with E-state index in [1.165, 1.54) is 0 Å². The zero-order valence-corrected chi connectivity index (χ0v) is 7.06. The second kappa shape index (κ2) is 3.54. The minimum Gasteiger partial charge on any atom is -0.304 e. The van der Waals surface area contributed by atoms with Gasteiger partial charge in [-0.3, -0.25) is 5.50 Å². The molecule has 0 saturated heterocycles. The summed E-state index contributed by atoms with van der Waals surface area (Å²) in [5.41, 5.74) is 5.49. The van der Waals surface area contributed by atoms with Gasteiger partial charge in [0, 0.05) is 13.4 Å². The van der Waals surface area contributed by atoms with E-state index in [2.05, 4.69) is 0 Å². The summed E-state index contributed by atoms with van der Waals surface area (Å²) in [6.45, 7) is 1.84. The molecular weight excluding hydrogens is 139 g/mol. The molecular formula is C4H13N2PS. The molecule has 0 amide bonds. The summed E-state index contributed by atoms with van der Waals surface area (Å²) >= 11 is 1.76. The van der Waals surface area contributed by atoms with Gasteiger partial charge in [0.1, 0.15) is 0 Å². The minimum absolute atomic E-state index is 0.883. The monoisotopic (exact) mass is 152 g/mol. The van der Waals surface area contributed by atoms with E-state index >= 15 is 0 Å². The lowest BCUT2D eigenvalue weighted by Crippen LogP contribution is -1.98. The fraction of sp³-hybridized carbons (Fsp3) is 1.00. The first kappa shape index (κ1) is 8.54. The van der Waals surface area contributed by atoms with Crippen molar-refractivity contribution in [3.05, 3.63) is 0 Å². The summed E-state index contributed by atoms with van der Waals surface area (Å²) in [7, 11) is -1.70. The van der Waals surface area contributed by atoms with Gasteiger partial charge in [0.2, 0.25) is 0 Å². The maximum Gasteiger partial charge on any atom is 0.0214 e. The van der Waals surface area contributed by atoms with Crippen molar-refractivity contribution in [3.63, 3.8) is 0 Å². The normalized spacial score (nSPS) is 17.9. The first-order valence-corrected chi connectivity index (χ1v) is 6.33. The van der Waals surface area contributed by atoms with Gasteiger partial charge in [-0.05, 0) is 18.7 Å². The van der Waals surface area contributed by atoms with Crippen LogP contribution in [0.4, 0.5) is 0 Å². The summed E-state index contributed by atoms with van der Waals surface area (Å²) in [6.07, 6.45) is 2.92. The molecule has 0 bridgehead atoms. The third-order valence-corrected chi connectivity index (χ3v) is 2.83. The molecule has 8 heavy (non-hydrogen) atoms. The predicted molar refractivity (Wildman–Crippen MR) is 43.0 cm³/mol. The van der Waals surface area contributed by atoms with Gasteiger partial charge in [-0.2, -0.15) is 11.8 Å². The standard InChI is InChI=1S/C4H13N2PS/c1-7(5,6)3-4-8-2/h3-4H2,1-2H3,(H3,5,6). The Balaban J connectivity index is 3.26. The first-order chi connectivity index (χ1) is 3.56. The van der Waals surface area contributed by atoms with Crippen molar-refractivity contribution in [2.45, 2.75) is 0 Å². The molecule has 3 N–H and O–H groups in total. The zero-order valence-electron chi connectivity index (χ0n) is 5.35. The smallest absolute Gasteiger partial charge is 0.0214 e. The van der Waals surface area contributed by atoms with Gasteiger partial charge in [0.25, 0.3) is 0 Å². The summed E-state index contributed by atoms with van der Waals surface area (Å²) in [5, 5.41) is 7.31. The molecule has 0 radical (unpaired) electrons. The maximum absolute atomic E-state index is 7.31. The number of nitrogens with two attached hydrogens (primary N) is 1. The Morgan fingerprint density at radius 2 is 2.25 bits per heavy atom. The Morgan fingerprint density at radius 3 is 2.38 bits per heavy atom. The molecule has 0 aliphatic rings. The SMILES string of the molecule is CSCCP(C)(=N)N. The maximum atomic E-state index is 7.31. The van der Waals surface area contributed by atoms with Crippen LogP contribution in [0.5, 0.6) is 0 Å². The van der Waals surface area contributed by atoms with Gasteiger partial charge in [0.15, 0.2) is 0 Å². The second-order valence-corrected chi connectivity index (χ2v) is 5.95. The molecule has 0 fully saturated rings. The largest absolute Gasteiger partial charge is 0.304 e. The van der Waals surface area contributed by atoms with Crippen molar-refractivity contribution >= 4 is 19.0 Å². The fourth-order valence-corrected chi connectivity index (χ4v) is 2.53. The lowest BCUT2D eigenvalue weighted by Gasteiger charge is -2.06. The molecule has 1 unspecified atom stereocenters. The molecule has 0 aromatic heterocycles. The molecule has 0 aliphatic carbocycles. The van der Waals surface area contributed by atoms with Crippen LogP contribution in [0.15, 0.2) is 0 Å². The van der Waals surface area contributed by atoms with Crippen molar-refractivity contribution < 1.29 is 0 Å². The third-order valence-electron chi connectivity index (χ3n) is 0.760. The highest BCUT2D eigenvalue weighted by molar-refractivity contribution is 7.98. The van der Waals surface area contributed by atoms with Crippen molar-refractivity contribution in [2.75, 3.05) is 24.8 Å². The van der Waals surface area contributed by atoms with Gasteiger partial charge in [-0.1, -0.05) is 0 Å². The van der Waals surface area contributed by atoms with Gasteiger partial charge in [-0.15, -0.1) is 0 Å². The molecule has 0 aliphatic heterocycles. The molecule has 50 valence electrons. The molecule has 2 nitrogen and oxygen atoms in total. The molecule has 0 aromatic rings. The van der Waals surface area contributed by atoms with Crippen molar-refractivity contribution in [1.82, 2.24) is 0 Å². The highest BCUT2D eigenvalue weighted by Gasteiger charge is 1.98. The van der Waals surface area contributed by atoms with Crippen LogP contribution >= 0.6 is 19.0 Å². The van der Waals surface area contributed by atoms with Crippen LogP contribution in [0.2, 0.25) is 0 Å². The average Bonchev–Trinajstić information content (AvgIpc) is 1.59. The summed E-state index contributed by atoms with van der Waals surface area (Å²) in [5.74, 6) is 1.03. The molecule has 0 aromatic carbocycles.